The SMILES string of the molecule is CCC(C)CNC(=O)C=Cc1ccc(Br)cc1. The van der Waals surface area contributed by atoms with Crippen LogP contribution in [0.25, 0.3) is 6.08 Å². The van der Waals surface area contributed by atoms with Gasteiger partial charge in [0.05, 0.1) is 0 Å². The Morgan fingerprint density at radius 3 is 2.65 bits per heavy atom. The van der Waals surface area contributed by atoms with Gasteiger partial charge in [-0.05, 0) is 29.7 Å². The van der Waals surface area contributed by atoms with Crippen molar-refractivity contribution in [3.8, 4) is 0 Å². The molecule has 0 saturated carbocycles. The van der Waals surface area contributed by atoms with E-state index in [0.717, 1.165) is 23.0 Å². The molecule has 0 aliphatic rings. The summed E-state index contributed by atoms with van der Waals surface area (Å²) in [6.45, 7) is 4.98. The number of nitrogens with one attached hydrogen (secondary N) is 1. The van der Waals surface area contributed by atoms with Crippen LogP contribution in [0.2, 0.25) is 0 Å². The second kappa shape index (κ2) is 7.28. The Morgan fingerprint density at radius 1 is 1.41 bits per heavy atom. The van der Waals surface area contributed by atoms with E-state index in [-0.39, 0.29) is 5.91 Å². The van der Waals surface area contributed by atoms with Gasteiger partial charge in [-0.1, -0.05) is 48.3 Å². The maximum atomic E-state index is 11.5. The number of halogens is 1. The van der Waals surface area contributed by atoms with E-state index in [1.165, 1.54) is 0 Å². The fourth-order valence-corrected chi connectivity index (χ4v) is 1.49. The van der Waals surface area contributed by atoms with Crippen LogP contribution in [0, 0.1) is 5.92 Å². The van der Waals surface area contributed by atoms with Crippen molar-refractivity contribution in [2.24, 2.45) is 5.92 Å². The molecular weight excluding hydrogens is 278 g/mol. The van der Waals surface area contributed by atoms with Crippen LogP contribution >= 0.6 is 15.9 Å². The molecular formula is C14H18BrNO. The third-order valence-corrected chi connectivity index (χ3v) is 3.15. The first-order valence-electron chi connectivity index (χ1n) is 5.83. The van der Waals surface area contributed by atoms with Gasteiger partial charge in [-0.2, -0.15) is 0 Å². The number of hydrogen-bond acceptors (Lipinski definition) is 1. The number of hydrogen-bond donors (Lipinski definition) is 1. The second-order valence-electron chi connectivity index (χ2n) is 4.14. The van der Waals surface area contributed by atoms with E-state index in [4.69, 9.17) is 0 Å². The minimum Gasteiger partial charge on any atom is -0.352 e. The van der Waals surface area contributed by atoms with E-state index in [2.05, 4.69) is 35.1 Å². The third-order valence-electron chi connectivity index (χ3n) is 2.62. The zero-order valence-electron chi connectivity index (χ0n) is 10.2. The molecule has 1 unspecified atom stereocenters. The van der Waals surface area contributed by atoms with Gasteiger partial charge >= 0.3 is 0 Å². The lowest BCUT2D eigenvalue weighted by Crippen LogP contribution is -2.26. The highest BCUT2D eigenvalue weighted by atomic mass is 79.9. The normalized spacial score (nSPS) is 12.6. The summed E-state index contributed by atoms with van der Waals surface area (Å²) in [5.74, 6) is 0.494. The summed E-state index contributed by atoms with van der Waals surface area (Å²) in [4.78, 5) is 11.5. The van der Waals surface area contributed by atoms with Crippen molar-refractivity contribution in [3.63, 3.8) is 0 Å². The predicted octanol–water partition coefficient (Wildman–Crippen LogP) is 3.62. The molecule has 1 aromatic rings. The van der Waals surface area contributed by atoms with Gasteiger partial charge in [0, 0.05) is 17.1 Å². The van der Waals surface area contributed by atoms with Crippen molar-refractivity contribution < 1.29 is 4.79 Å². The van der Waals surface area contributed by atoms with E-state index >= 15 is 0 Å². The average Bonchev–Trinajstić information content (AvgIpc) is 2.35. The maximum absolute atomic E-state index is 11.5. The quantitative estimate of drug-likeness (QED) is 0.826. The highest BCUT2D eigenvalue weighted by molar-refractivity contribution is 9.10. The molecule has 92 valence electrons. The molecule has 0 aliphatic carbocycles. The van der Waals surface area contributed by atoms with Crippen LogP contribution in [-0.2, 0) is 4.79 Å². The van der Waals surface area contributed by atoms with Crippen LogP contribution in [0.5, 0.6) is 0 Å². The Labute approximate surface area is 111 Å². The fourth-order valence-electron chi connectivity index (χ4n) is 1.22. The molecule has 0 saturated heterocycles. The van der Waals surface area contributed by atoms with Crippen molar-refractivity contribution in [2.75, 3.05) is 6.54 Å². The first-order chi connectivity index (χ1) is 8.11. The topological polar surface area (TPSA) is 29.1 Å². The van der Waals surface area contributed by atoms with Gasteiger partial charge in [0.25, 0.3) is 0 Å². The van der Waals surface area contributed by atoms with Gasteiger partial charge in [-0.3, -0.25) is 4.79 Å². The molecule has 0 spiro atoms. The smallest absolute Gasteiger partial charge is 0.244 e. The molecule has 0 aromatic heterocycles. The summed E-state index contributed by atoms with van der Waals surface area (Å²) < 4.78 is 1.04. The molecule has 1 aromatic carbocycles. The maximum Gasteiger partial charge on any atom is 0.244 e. The Morgan fingerprint density at radius 2 is 2.06 bits per heavy atom. The highest BCUT2D eigenvalue weighted by Crippen LogP contribution is 2.11. The molecule has 1 atom stereocenters. The molecule has 0 bridgehead atoms. The van der Waals surface area contributed by atoms with Crippen LogP contribution in [0.1, 0.15) is 25.8 Å². The summed E-state index contributed by atoms with van der Waals surface area (Å²) >= 11 is 3.37. The molecule has 0 aliphatic heterocycles. The lowest BCUT2D eigenvalue weighted by atomic mass is 10.1. The Bertz CT molecular complexity index is 384. The molecule has 1 N–H and O–H groups in total. The monoisotopic (exact) mass is 295 g/mol. The summed E-state index contributed by atoms with van der Waals surface area (Å²) in [5, 5.41) is 2.88. The van der Waals surface area contributed by atoms with Crippen LogP contribution < -0.4 is 5.32 Å². The van der Waals surface area contributed by atoms with E-state index in [0.29, 0.717) is 5.92 Å². The summed E-state index contributed by atoms with van der Waals surface area (Å²) in [7, 11) is 0. The van der Waals surface area contributed by atoms with Crippen molar-refractivity contribution in [2.45, 2.75) is 20.3 Å². The van der Waals surface area contributed by atoms with Gasteiger partial charge < -0.3 is 5.32 Å². The minimum atomic E-state index is -0.0341. The van der Waals surface area contributed by atoms with Crippen molar-refractivity contribution >= 4 is 27.9 Å². The largest absolute Gasteiger partial charge is 0.352 e. The second-order valence-corrected chi connectivity index (χ2v) is 5.06. The van der Waals surface area contributed by atoms with Crippen molar-refractivity contribution in [1.82, 2.24) is 5.32 Å². The van der Waals surface area contributed by atoms with E-state index < -0.39 is 0 Å². The summed E-state index contributed by atoms with van der Waals surface area (Å²) in [6, 6.07) is 7.83. The van der Waals surface area contributed by atoms with Gasteiger partial charge in [-0.15, -0.1) is 0 Å². The summed E-state index contributed by atoms with van der Waals surface area (Å²) in [5.41, 5.74) is 1.02. The van der Waals surface area contributed by atoms with Crippen molar-refractivity contribution in [3.05, 3.63) is 40.4 Å². The number of carbonyl (C=O) groups is 1. The van der Waals surface area contributed by atoms with Crippen molar-refractivity contribution in [1.29, 1.82) is 0 Å². The fraction of sp³-hybridized carbons (Fsp3) is 0.357. The first kappa shape index (κ1) is 14.0. The molecule has 1 rings (SSSR count). The predicted molar refractivity (Wildman–Crippen MR) is 75.6 cm³/mol. The zero-order chi connectivity index (χ0) is 12.7. The van der Waals surface area contributed by atoms with E-state index in [9.17, 15) is 4.79 Å². The van der Waals surface area contributed by atoms with Gasteiger partial charge in [-0.25, -0.2) is 0 Å². The summed E-state index contributed by atoms with van der Waals surface area (Å²) in [6.07, 6.45) is 4.47. The number of rotatable bonds is 5. The lowest BCUT2D eigenvalue weighted by molar-refractivity contribution is -0.116. The van der Waals surface area contributed by atoms with E-state index in [1.807, 2.05) is 30.3 Å². The molecule has 3 heteroatoms. The Hall–Kier alpha value is -1.09. The van der Waals surface area contributed by atoms with Crippen LogP contribution in [0.4, 0.5) is 0 Å². The van der Waals surface area contributed by atoms with E-state index in [1.54, 1.807) is 6.08 Å². The standard InChI is InChI=1S/C14H18BrNO/c1-3-11(2)10-16-14(17)9-6-12-4-7-13(15)8-5-12/h4-9,11H,3,10H2,1-2H3,(H,16,17). The third kappa shape index (κ3) is 5.68. The minimum absolute atomic E-state index is 0.0341. The van der Waals surface area contributed by atoms with Crippen LogP contribution in [-0.4, -0.2) is 12.5 Å². The number of amides is 1. The highest BCUT2D eigenvalue weighted by Gasteiger charge is 2.00. The first-order valence-corrected chi connectivity index (χ1v) is 6.62. The number of carbonyl (C=O) groups excluding carboxylic acids is 1. The molecule has 2 nitrogen and oxygen atoms in total. The van der Waals surface area contributed by atoms with Gasteiger partial charge in [0.2, 0.25) is 5.91 Å². The molecule has 0 fully saturated rings. The molecule has 1 amide bonds. The average molecular weight is 296 g/mol. The lowest BCUT2D eigenvalue weighted by Gasteiger charge is -2.07. The van der Waals surface area contributed by atoms with Crippen LogP contribution in [0.3, 0.4) is 0 Å². The van der Waals surface area contributed by atoms with Gasteiger partial charge in [0.1, 0.15) is 0 Å². The Kier molecular flexibility index (Phi) is 5.98. The van der Waals surface area contributed by atoms with Crippen LogP contribution in [0.15, 0.2) is 34.8 Å². The zero-order valence-corrected chi connectivity index (χ0v) is 11.8. The molecule has 0 heterocycles. The molecule has 0 radical (unpaired) electrons. The Balaban J connectivity index is 2.42. The molecule has 17 heavy (non-hydrogen) atoms. The number of benzene rings is 1. The van der Waals surface area contributed by atoms with Gasteiger partial charge in [0.15, 0.2) is 0 Å².